The van der Waals surface area contributed by atoms with Gasteiger partial charge in [-0.2, -0.15) is 0 Å². The summed E-state index contributed by atoms with van der Waals surface area (Å²) in [4.78, 5) is 15.0. The Hall–Kier alpha value is -3.05. The van der Waals surface area contributed by atoms with Crippen LogP contribution in [0.4, 0.5) is 5.69 Å². The third kappa shape index (κ3) is 4.67. The maximum Gasteiger partial charge on any atom is 0.230 e. The van der Waals surface area contributed by atoms with E-state index < -0.39 is 5.60 Å². The monoisotopic (exact) mass is 419 g/mol. The zero-order valence-electron chi connectivity index (χ0n) is 18.3. The smallest absolute Gasteiger partial charge is 0.230 e. The van der Waals surface area contributed by atoms with Gasteiger partial charge in [-0.15, -0.1) is 0 Å². The number of rotatable bonds is 7. The minimum atomic E-state index is -0.421. The number of hydrogen-bond acceptors (Lipinski definition) is 4. The minimum Gasteiger partial charge on any atom is -0.492 e. The van der Waals surface area contributed by atoms with Crippen molar-refractivity contribution in [1.82, 2.24) is 0 Å². The summed E-state index contributed by atoms with van der Waals surface area (Å²) in [6, 6.07) is 11.8. The highest BCUT2D eigenvalue weighted by molar-refractivity contribution is 5.96. The van der Waals surface area contributed by atoms with Gasteiger partial charge in [-0.3, -0.25) is 4.79 Å². The first-order valence-corrected chi connectivity index (χ1v) is 10.7. The van der Waals surface area contributed by atoms with Crippen LogP contribution in [-0.2, 0) is 11.3 Å². The Labute approximate surface area is 183 Å². The molecule has 0 unspecified atom stereocenters. The van der Waals surface area contributed by atoms with Gasteiger partial charge in [0, 0.05) is 22.7 Å². The van der Waals surface area contributed by atoms with E-state index in [4.69, 9.17) is 14.6 Å². The number of anilines is 1. The first-order chi connectivity index (χ1) is 14.9. The molecule has 0 aromatic heterocycles. The lowest BCUT2D eigenvalue weighted by Gasteiger charge is -2.31. The number of nitrogens with zero attached hydrogens (tertiary/aromatic N) is 1. The van der Waals surface area contributed by atoms with Crippen LogP contribution in [0.2, 0.25) is 0 Å². The summed E-state index contributed by atoms with van der Waals surface area (Å²) in [7, 11) is 1.64. The van der Waals surface area contributed by atoms with E-state index in [2.05, 4.69) is 6.08 Å². The molecule has 2 aromatic carbocycles. The Kier molecular flexibility index (Phi) is 5.88. The average molecular weight is 420 g/mol. The third-order valence-corrected chi connectivity index (χ3v) is 5.58. The molecule has 5 nitrogen and oxygen atoms in total. The zero-order valence-corrected chi connectivity index (χ0v) is 18.3. The van der Waals surface area contributed by atoms with E-state index >= 15 is 0 Å². The lowest BCUT2D eigenvalue weighted by molar-refractivity contribution is -0.119. The molecule has 2 aromatic rings. The summed E-state index contributed by atoms with van der Waals surface area (Å²) in [6.45, 7) is 4.39. The number of ether oxygens (including phenoxy) is 2. The van der Waals surface area contributed by atoms with Crippen molar-refractivity contribution in [3.05, 3.63) is 65.2 Å². The van der Waals surface area contributed by atoms with Crippen molar-refractivity contribution >= 4 is 23.7 Å². The molecular formula is C26H29NO4. The summed E-state index contributed by atoms with van der Waals surface area (Å²) in [6.07, 6.45) is 9.49. The van der Waals surface area contributed by atoms with Crippen LogP contribution >= 0.6 is 0 Å². The number of hydrogen-bond donors (Lipinski definition) is 1. The zero-order chi connectivity index (χ0) is 22.0. The second-order valence-corrected chi connectivity index (χ2v) is 8.59. The summed E-state index contributed by atoms with van der Waals surface area (Å²) >= 11 is 0. The molecule has 0 spiro atoms. The van der Waals surface area contributed by atoms with Gasteiger partial charge in [0.1, 0.15) is 5.60 Å². The van der Waals surface area contributed by atoms with Crippen molar-refractivity contribution in [2.24, 2.45) is 5.92 Å². The first-order valence-electron chi connectivity index (χ1n) is 10.7. The summed E-state index contributed by atoms with van der Waals surface area (Å²) in [5.41, 5.74) is 3.22. The van der Waals surface area contributed by atoms with Crippen LogP contribution in [0.3, 0.4) is 0 Å². The summed E-state index contributed by atoms with van der Waals surface area (Å²) < 4.78 is 12.0. The number of aliphatic hydroxyl groups excluding tert-OH is 1. The van der Waals surface area contributed by atoms with Crippen molar-refractivity contribution in [2.45, 2.75) is 38.8 Å². The average Bonchev–Trinajstić information content (AvgIpc) is 3.60. The molecule has 4 rings (SSSR count). The van der Waals surface area contributed by atoms with Gasteiger partial charge in [0.2, 0.25) is 5.91 Å². The van der Waals surface area contributed by atoms with E-state index in [1.807, 2.05) is 67.3 Å². The van der Waals surface area contributed by atoms with E-state index in [-0.39, 0.29) is 18.4 Å². The SMILES string of the molecule is COc1c(CN(C(=O)C2CC2)c2cccc(/C=C/CO)c2)ccc2c1OC(C)(C)C=C2. The number of benzene rings is 2. The van der Waals surface area contributed by atoms with Crippen molar-refractivity contribution in [1.29, 1.82) is 0 Å². The number of carbonyl (C=O) groups is 1. The van der Waals surface area contributed by atoms with E-state index in [0.29, 0.717) is 18.0 Å². The molecular weight excluding hydrogens is 390 g/mol. The molecule has 1 aliphatic heterocycles. The fourth-order valence-corrected chi connectivity index (χ4v) is 3.79. The summed E-state index contributed by atoms with van der Waals surface area (Å²) in [5, 5.41) is 9.08. The first kappa shape index (κ1) is 21.2. The van der Waals surface area contributed by atoms with Crippen LogP contribution in [0.25, 0.3) is 12.2 Å². The highest BCUT2D eigenvalue weighted by Gasteiger charge is 2.35. The largest absolute Gasteiger partial charge is 0.492 e. The van der Waals surface area contributed by atoms with Gasteiger partial charge in [0.25, 0.3) is 0 Å². The molecule has 2 aliphatic rings. The normalized spacial score (nSPS) is 16.6. The maximum absolute atomic E-state index is 13.2. The maximum atomic E-state index is 13.2. The molecule has 162 valence electrons. The number of methoxy groups -OCH3 is 1. The van der Waals surface area contributed by atoms with E-state index in [1.165, 1.54) is 0 Å². The molecule has 1 N–H and O–H groups in total. The van der Waals surface area contributed by atoms with Crippen molar-refractivity contribution in [3.63, 3.8) is 0 Å². The fraction of sp³-hybridized carbons (Fsp3) is 0.346. The molecule has 5 heteroatoms. The highest BCUT2D eigenvalue weighted by Crippen LogP contribution is 2.42. The van der Waals surface area contributed by atoms with Gasteiger partial charge in [0.05, 0.1) is 20.3 Å². The molecule has 0 saturated heterocycles. The second kappa shape index (κ2) is 8.60. The number of amides is 1. The lowest BCUT2D eigenvalue weighted by atomic mass is 9.99. The van der Waals surface area contributed by atoms with Crippen LogP contribution in [0.1, 0.15) is 43.4 Å². The second-order valence-electron chi connectivity index (χ2n) is 8.59. The van der Waals surface area contributed by atoms with E-state index in [9.17, 15) is 4.79 Å². The quantitative estimate of drug-likeness (QED) is 0.698. The Bertz CT molecular complexity index is 1030. The van der Waals surface area contributed by atoms with Crippen LogP contribution < -0.4 is 14.4 Å². The molecule has 0 atom stereocenters. The van der Waals surface area contributed by atoms with Crippen LogP contribution in [0.5, 0.6) is 11.5 Å². The number of fused-ring (bicyclic) bond motifs is 1. The fourth-order valence-electron chi connectivity index (χ4n) is 3.79. The number of carbonyl (C=O) groups excluding carboxylic acids is 1. The Morgan fingerprint density at radius 3 is 2.81 bits per heavy atom. The molecule has 1 saturated carbocycles. The van der Waals surface area contributed by atoms with Crippen LogP contribution in [0, 0.1) is 5.92 Å². The lowest BCUT2D eigenvalue weighted by Crippen LogP contribution is -2.32. The van der Waals surface area contributed by atoms with Crippen molar-refractivity contribution in [2.75, 3.05) is 18.6 Å². The van der Waals surface area contributed by atoms with E-state index in [0.717, 1.165) is 35.2 Å². The topological polar surface area (TPSA) is 59.0 Å². The third-order valence-electron chi connectivity index (χ3n) is 5.58. The van der Waals surface area contributed by atoms with Crippen molar-refractivity contribution < 1.29 is 19.4 Å². The van der Waals surface area contributed by atoms with Crippen LogP contribution in [-0.4, -0.2) is 30.3 Å². The molecule has 31 heavy (non-hydrogen) atoms. The van der Waals surface area contributed by atoms with Gasteiger partial charge in [-0.1, -0.05) is 42.5 Å². The van der Waals surface area contributed by atoms with Gasteiger partial charge < -0.3 is 19.5 Å². The molecule has 1 heterocycles. The Morgan fingerprint density at radius 2 is 2.10 bits per heavy atom. The number of aliphatic hydroxyl groups is 1. The minimum absolute atomic E-state index is 0.0218. The van der Waals surface area contributed by atoms with Gasteiger partial charge >= 0.3 is 0 Å². The molecule has 0 radical (unpaired) electrons. The summed E-state index contributed by atoms with van der Waals surface area (Å²) in [5.74, 6) is 1.59. The van der Waals surface area contributed by atoms with Gasteiger partial charge in [-0.25, -0.2) is 0 Å². The molecule has 1 amide bonds. The van der Waals surface area contributed by atoms with Crippen molar-refractivity contribution in [3.8, 4) is 11.5 Å². The Balaban J connectivity index is 1.71. The standard InChI is InChI=1S/C26H29NO4/c1-26(2)14-13-19-9-12-21(23(30-3)24(19)31-26)17-27(25(29)20-10-11-20)22-8-4-6-18(16-22)7-5-15-28/h4-9,12-14,16,20,28H,10-11,15,17H2,1-3H3/b7-5+. The molecule has 0 bridgehead atoms. The van der Waals surface area contributed by atoms with Crippen LogP contribution in [0.15, 0.2) is 48.6 Å². The van der Waals surface area contributed by atoms with Gasteiger partial charge in [-0.05, 0) is 50.5 Å². The van der Waals surface area contributed by atoms with Gasteiger partial charge in [0.15, 0.2) is 11.5 Å². The highest BCUT2D eigenvalue weighted by atomic mass is 16.5. The Morgan fingerprint density at radius 1 is 1.29 bits per heavy atom. The molecule has 1 aliphatic carbocycles. The molecule has 1 fully saturated rings. The predicted octanol–water partition coefficient (Wildman–Crippen LogP) is 4.83. The van der Waals surface area contributed by atoms with E-state index in [1.54, 1.807) is 13.2 Å². The predicted molar refractivity (Wildman–Crippen MR) is 123 cm³/mol.